The summed E-state index contributed by atoms with van der Waals surface area (Å²) in [6.07, 6.45) is 30.7. The van der Waals surface area contributed by atoms with Gasteiger partial charge in [-0.25, -0.2) is 9.59 Å². The highest BCUT2D eigenvalue weighted by atomic mass is 79.9. The Morgan fingerprint density at radius 3 is 1.60 bits per heavy atom. The largest absolute Gasteiger partial charge is 0.459 e. The molecule has 0 unspecified atom stereocenters. The smallest absolute Gasteiger partial charge is 0.333 e. The Hall–Kier alpha value is -2.50. The zero-order chi connectivity index (χ0) is 71.3. The molecule has 7 rings (SSSR count). The fraction of sp³-hybridized carbons (Fsp3) is 0.775. The molecule has 0 aromatic rings. The van der Waals surface area contributed by atoms with Crippen LogP contribution in [0.25, 0.3) is 0 Å². The molecule has 2 heterocycles. The molecule has 2 saturated heterocycles. The summed E-state index contributed by atoms with van der Waals surface area (Å²) in [6, 6.07) is 0. The summed E-state index contributed by atoms with van der Waals surface area (Å²) < 4.78 is 31.5. The number of allylic oxidation sites excluding steroid dienone is 4. The lowest BCUT2D eigenvalue weighted by atomic mass is 9.60. The molecular formula is C80H138BrFO10Si3. The quantitative estimate of drug-likeness (QED) is 0.0226. The van der Waals surface area contributed by atoms with Gasteiger partial charge in [0, 0.05) is 55.5 Å². The molecule has 5 saturated carbocycles. The summed E-state index contributed by atoms with van der Waals surface area (Å²) in [5.74, 6) is 6.14. The predicted molar refractivity (Wildman–Crippen MR) is 407 cm³/mol. The van der Waals surface area contributed by atoms with E-state index in [1.54, 1.807) is 5.57 Å². The lowest BCUT2D eigenvalue weighted by Gasteiger charge is -2.45. The Labute approximate surface area is 591 Å². The average molecular weight is 1440 g/mol. The molecule has 0 aromatic heterocycles. The minimum absolute atomic E-state index is 0. The molecule has 2 aliphatic heterocycles. The van der Waals surface area contributed by atoms with Crippen molar-refractivity contribution in [3.63, 3.8) is 0 Å². The van der Waals surface area contributed by atoms with Gasteiger partial charge in [0.1, 0.15) is 12.2 Å². The molecular weight excluding hydrogens is 1300 g/mol. The van der Waals surface area contributed by atoms with Crippen molar-refractivity contribution in [3.8, 4) is 12.3 Å². The summed E-state index contributed by atoms with van der Waals surface area (Å²) in [6.45, 7) is 64.9. The van der Waals surface area contributed by atoms with Crippen LogP contribution in [0.15, 0.2) is 83.0 Å². The van der Waals surface area contributed by atoms with Gasteiger partial charge in [0.15, 0.2) is 25.0 Å². The van der Waals surface area contributed by atoms with Crippen LogP contribution < -0.4 is 0 Å². The minimum Gasteiger partial charge on any atom is -0.459 e. The van der Waals surface area contributed by atoms with Crippen molar-refractivity contribution < 1.29 is 52.4 Å². The lowest BCUT2D eigenvalue weighted by molar-refractivity contribution is -0.140. The number of terminal acetylenes is 1. The second-order valence-electron chi connectivity index (χ2n) is 34.5. The Morgan fingerprint density at radius 2 is 1.18 bits per heavy atom. The highest BCUT2D eigenvalue weighted by Gasteiger charge is 2.53. The van der Waals surface area contributed by atoms with Crippen LogP contribution in [0, 0.1) is 70.5 Å². The fourth-order valence-electron chi connectivity index (χ4n) is 16.5. The topological polar surface area (TPSA) is 141 Å². The van der Waals surface area contributed by atoms with E-state index in [1.165, 1.54) is 63.4 Å². The second kappa shape index (κ2) is 36.4. The van der Waals surface area contributed by atoms with E-state index in [4.69, 9.17) is 34.3 Å². The number of rotatable bonds is 23. The number of ether oxygens (including phenoxy) is 2. The van der Waals surface area contributed by atoms with Crippen LogP contribution in [0.1, 0.15) is 232 Å². The summed E-state index contributed by atoms with van der Waals surface area (Å²) in [5.41, 5.74) is 6.68. The standard InChI is InChI=1S/C30H44O5.C29H60O3Si3.C19H27BrO2.C2H6.FH/c1-18(15-23-16-19(2)29(34)35-23)25-11-12-26-21(7-5-13-30(25,26)4)9-10-22-17-27(32)24(8-6-14-31)28(33)20(22)3;1-18-21-26(32-35(16,17)29(9,10)11)24(22-20-23-30-33(12,13)27(3,4)5)25(19-2)31-34(14,15)28(6,7)8;1-12(9-15-10-13(2)18(21)22-15)16-6-7-17-14(11-20)5-4-8-19(16,17)3;1-2;/h9-10,18,23-28,31-33H,2-3,5-8,11-17H2,1,4H3;1,19,24-26H,2,20-23H2,3-17H3;11-12,15-17H,2,4-10H2,1,3H3;1-2H3;1H/b21-9+,22-10-;;14-11+;;/t18-,23+,24+,25-,26+,27-,28-,30-;24-,25-,26-;12-,15+,16-,17+,19-;;/m111../s1. The molecule has 0 bridgehead atoms. The Morgan fingerprint density at radius 1 is 0.716 bits per heavy atom. The first kappa shape index (κ1) is 86.7. The van der Waals surface area contributed by atoms with E-state index in [9.17, 15) is 19.8 Å². The maximum Gasteiger partial charge on any atom is 0.333 e. The SMILES string of the molecule is C#CC[C@@H](O[Si](C)(C)C(C)(C)C)[C@H](CCCO[Si](C)(C)C(C)(C)C)[C@@H](C=C)O[Si](C)(C)C(C)(C)C.C=C1C[C@H](C[C@@H](C)[C@H]2CC[C@H]3/C(=C/Br)CCC[C@]23C)OC1=O.C=C1C[C@H](C[C@@H](C)[C@H]2CC[C@H]3/C(=C/C=C4/C[C@@H](O)[C@H](CCCO)[C@H](O)C4=C)CCC[C@]23C)OC1=O.CC.F. The van der Waals surface area contributed by atoms with E-state index in [1.807, 2.05) is 19.9 Å². The number of esters is 2. The van der Waals surface area contributed by atoms with E-state index in [0.29, 0.717) is 77.9 Å². The number of carbonyl (C=O) groups is 2. The van der Waals surface area contributed by atoms with E-state index in [-0.39, 0.29) is 80.0 Å². The van der Waals surface area contributed by atoms with Crippen LogP contribution >= 0.6 is 15.9 Å². The molecule has 0 spiro atoms. The second-order valence-corrected chi connectivity index (χ2v) is 49.3. The van der Waals surface area contributed by atoms with E-state index >= 15 is 0 Å². The van der Waals surface area contributed by atoms with Gasteiger partial charge in [0.2, 0.25) is 0 Å². The highest BCUT2D eigenvalue weighted by Crippen LogP contribution is 2.62. The molecule has 544 valence electrons. The number of hydrogen-bond acceptors (Lipinski definition) is 10. The monoisotopic (exact) mass is 1440 g/mol. The van der Waals surface area contributed by atoms with E-state index in [2.05, 4.69) is 195 Å². The van der Waals surface area contributed by atoms with Gasteiger partial charge in [0.05, 0.1) is 24.4 Å². The maximum atomic E-state index is 11.8. The average Bonchev–Trinajstić information content (AvgIpc) is 1.63. The van der Waals surface area contributed by atoms with Crippen molar-refractivity contribution in [2.45, 2.75) is 323 Å². The number of carbonyl (C=O) groups excluding carboxylic acids is 2. The molecule has 5 aliphatic carbocycles. The number of cyclic esters (lactones) is 2. The summed E-state index contributed by atoms with van der Waals surface area (Å²) in [5, 5.41) is 30.9. The molecule has 0 aromatic carbocycles. The van der Waals surface area contributed by atoms with Crippen molar-refractivity contribution in [3.05, 3.63) is 83.0 Å². The molecule has 10 nitrogen and oxygen atoms in total. The molecule has 16 atom stereocenters. The minimum atomic E-state index is -2.02. The number of aliphatic hydroxyl groups is 3. The van der Waals surface area contributed by atoms with Crippen molar-refractivity contribution in [1.82, 2.24) is 0 Å². The third-order valence-corrected chi connectivity index (χ3v) is 39.2. The van der Waals surface area contributed by atoms with Crippen molar-refractivity contribution in [1.29, 1.82) is 0 Å². The molecule has 7 aliphatic rings. The first-order valence-electron chi connectivity index (χ1n) is 36.7. The van der Waals surface area contributed by atoms with Gasteiger partial charge in [-0.1, -0.05) is 169 Å². The first-order valence-corrected chi connectivity index (χ1v) is 46.4. The van der Waals surface area contributed by atoms with Crippen LogP contribution in [0.4, 0.5) is 4.70 Å². The Balaban J connectivity index is 0.000000373. The number of hydrogen-bond donors (Lipinski definition) is 3. The Kier molecular flexibility index (Phi) is 33.2. The van der Waals surface area contributed by atoms with Crippen LogP contribution in [0.5, 0.6) is 0 Å². The van der Waals surface area contributed by atoms with Crippen LogP contribution in [-0.4, -0.2) is 102 Å². The van der Waals surface area contributed by atoms with E-state index < -0.39 is 37.2 Å². The fourth-order valence-corrected chi connectivity index (χ4v) is 20.8. The first-order chi connectivity index (χ1) is 43.5. The van der Waals surface area contributed by atoms with Gasteiger partial charge in [-0.2, -0.15) is 0 Å². The lowest BCUT2D eigenvalue weighted by Crippen LogP contribution is -2.50. The normalized spacial score (nSPS) is 31.0. The van der Waals surface area contributed by atoms with Crippen molar-refractivity contribution in [2.75, 3.05) is 13.2 Å². The molecule has 95 heavy (non-hydrogen) atoms. The molecule has 0 radical (unpaired) electrons. The highest BCUT2D eigenvalue weighted by molar-refractivity contribution is 9.11. The van der Waals surface area contributed by atoms with Crippen LogP contribution in [-0.2, 0) is 32.3 Å². The van der Waals surface area contributed by atoms with Gasteiger partial charge in [0.25, 0.3) is 0 Å². The van der Waals surface area contributed by atoms with Gasteiger partial charge in [-0.15, -0.1) is 18.9 Å². The van der Waals surface area contributed by atoms with Crippen molar-refractivity contribution in [2.24, 2.45) is 58.2 Å². The number of fused-ring (bicyclic) bond motifs is 2. The van der Waals surface area contributed by atoms with Gasteiger partial charge < -0.3 is 38.1 Å². The summed E-state index contributed by atoms with van der Waals surface area (Å²) in [7, 11) is -5.81. The zero-order valence-corrected chi connectivity index (χ0v) is 68.4. The summed E-state index contributed by atoms with van der Waals surface area (Å²) in [4.78, 5) is 25.5. The summed E-state index contributed by atoms with van der Waals surface area (Å²) >= 11 is 3.58. The molecule has 7 fully saturated rings. The van der Waals surface area contributed by atoms with E-state index in [0.717, 1.165) is 62.5 Å². The van der Waals surface area contributed by atoms with Gasteiger partial charge in [-0.05, 0) is 226 Å². The van der Waals surface area contributed by atoms with Gasteiger partial charge in [-0.3, -0.25) is 4.70 Å². The van der Waals surface area contributed by atoms with Crippen LogP contribution in [0.3, 0.4) is 0 Å². The Bertz CT molecular complexity index is 2660. The van der Waals surface area contributed by atoms with Crippen molar-refractivity contribution >= 4 is 52.8 Å². The van der Waals surface area contributed by atoms with Crippen LogP contribution in [0.2, 0.25) is 54.4 Å². The molecule has 3 N–H and O–H groups in total. The number of halogens is 2. The zero-order valence-electron chi connectivity index (χ0n) is 63.8. The third-order valence-electron chi connectivity index (χ3n) is 25.1. The number of aliphatic hydroxyl groups excluding tert-OH is 3. The molecule has 15 heteroatoms. The third kappa shape index (κ3) is 22.0. The maximum absolute atomic E-state index is 11.8. The molecule has 0 amide bonds. The van der Waals surface area contributed by atoms with Gasteiger partial charge >= 0.3 is 11.9 Å². The predicted octanol–water partition coefficient (Wildman–Crippen LogP) is 21.0.